The molecular weight excluding hydrogens is 280 g/mol. The quantitative estimate of drug-likeness (QED) is 0.902. The van der Waals surface area contributed by atoms with Crippen LogP contribution in [0.5, 0.6) is 0 Å². The fraction of sp³-hybridized carbons (Fsp3) is 0.250. The SMILES string of the molecule is CC(N)(Cc1ccc(F)cc1)Cc1cccc(Cl)c1F. The highest BCUT2D eigenvalue weighted by atomic mass is 35.5. The number of rotatable bonds is 4. The predicted molar refractivity (Wildman–Crippen MR) is 77.8 cm³/mol. The van der Waals surface area contributed by atoms with E-state index in [-0.39, 0.29) is 10.8 Å². The molecule has 0 aliphatic heterocycles. The Kier molecular flexibility index (Phi) is 4.41. The van der Waals surface area contributed by atoms with Crippen LogP contribution in [0.25, 0.3) is 0 Å². The van der Waals surface area contributed by atoms with Crippen molar-refractivity contribution in [3.63, 3.8) is 0 Å². The zero-order valence-electron chi connectivity index (χ0n) is 11.2. The van der Waals surface area contributed by atoms with Crippen LogP contribution in [0.2, 0.25) is 5.02 Å². The van der Waals surface area contributed by atoms with Crippen molar-refractivity contribution >= 4 is 11.6 Å². The number of hydrogen-bond acceptors (Lipinski definition) is 1. The van der Waals surface area contributed by atoms with Gasteiger partial charge in [-0.05, 0) is 49.1 Å². The molecule has 0 aliphatic rings. The van der Waals surface area contributed by atoms with Crippen LogP contribution in [-0.4, -0.2) is 5.54 Å². The minimum atomic E-state index is -0.636. The molecule has 0 saturated carbocycles. The van der Waals surface area contributed by atoms with Gasteiger partial charge in [0.2, 0.25) is 0 Å². The van der Waals surface area contributed by atoms with Gasteiger partial charge in [0.1, 0.15) is 11.6 Å². The molecule has 0 fully saturated rings. The maximum Gasteiger partial charge on any atom is 0.145 e. The second kappa shape index (κ2) is 5.90. The molecule has 0 heterocycles. The number of halogens is 3. The maximum atomic E-state index is 13.9. The van der Waals surface area contributed by atoms with Crippen molar-refractivity contribution in [1.29, 1.82) is 0 Å². The molecule has 0 bridgehead atoms. The first-order valence-corrected chi connectivity index (χ1v) is 6.71. The lowest BCUT2D eigenvalue weighted by molar-refractivity contribution is 0.451. The molecule has 2 rings (SSSR count). The largest absolute Gasteiger partial charge is 0.325 e. The average molecular weight is 296 g/mol. The number of benzene rings is 2. The van der Waals surface area contributed by atoms with Crippen LogP contribution in [0.3, 0.4) is 0 Å². The summed E-state index contributed by atoms with van der Waals surface area (Å²) in [7, 11) is 0. The highest BCUT2D eigenvalue weighted by Gasteiger charge is 2.22. The smallest absolute Gasteiger partial charge is 0.145 e. The van der Waals surface area contributed by atoms with Gasteiger partial charge >= 0.3 is 0 Å². The molecule has 4 heteroatoms. The zero-order chi connectivity index (χ0) is 14.8. The maximum absolute atomic E-state index is 13.9. The van der Waals surface area contributed by atoms with E-state index >= 15 is 0 Å². The van der Waals surface area contributed by atoms with Crippen LogP contribution in [0.4, 0.5) is 8.78 Å². The molecule has 0 aromatic heterocycles. The lowest BCUT2D eigenvalue weighted by Gasteiger charge is -2.25. The summed E-state index contributed by atoms with van der Waals surface area (Å²) in [5, 5.41) is 0.0973. The van der Waals surface area contributed by atoms with Gasteiger partial charge in [-0.25, -0.2) is 8.78 Å². The van der Waals surface area contributed by atoms with Crippen molar-refractivity contribution in [3.8, 4) is 0 Å². The number of hydrogen-bond donors (Lipinski definition) is 1. The standard InChI is InChI=1S/C16H16ClF2N/c1-16(20,9-11-5-7-13(18)8-6-11)10-12-3-2-4-14(17)15(12)19/h2-8H,9-10,20H2,1H3. The van der Waals surface area contributed by atoms with Gasteiger partial charge in [0, 0.05) is 5.54 Å². The Labute approximate surface area is 122 Å². The fourth-order valence-electron chi connectivity index (χ4n) is 2.25. The molecule has 2 aromatic carbocycles. The summed E-state index contributed by atoms with van der Waals surface area (Å²) in [6.07, 6.45) is 0.885. The van der Waals surface area contributed by atoms with Crippen LogP contribution in [0.15, 0.2) is 42.5 Å². The van der Waals surface area contributed by atoms with Crippen LogP contribution in [0.1, 0.15) is 18.1 Å². The molecule has 20 heavy (non-hydrogen) atoms. The molecule has 0 spiro atoms. The Balaban J connectivity index is 2.14. The molecule has 0 saturated heterocycles. The van der Waals surface area contributed by atoms with Crippen LogP contribution < -0.4 is 5.73 Å². The Bertz CT molecular complexity index is 594. The second-order valence-electron chi connectivity index (χ2n) is 5.35. The van der Waals surface area contributed by atoms with Crippen molar-refractivity contribution < 1.29 is 8.78 Å². The fourth-order valence-corrected chi connectivity index (χ4v) is 2.45. The molecule has 1 nitrogen and oxygen atoms in total. The van der Waals surface area contributed by atoms with Crippen LogP contribution >= 0.6 is 11.6 Å². The lowest BCUT2D eigenvalue weighted by Crippen LogP contribution is -2.41. The summed E-state index contributed by atoms with van der Waals surface area (Å²) in [4.78, 5) is 0. The third-order valence-electron chi connectivity index (χ3n) is 3.15. The van der Waals surface area contributed by atoms with E-state index in [9.17, 15) is 8.78 Å². The van der Waals surface area contributed by atoms with E-state index < -0.39 is 11.4 Å². The van der Waals surface area contributed by atoms with Gasteiger partial charge in [0.25, 0.3) is 0 Å². The van der Waals surface area contributed by atoms with Gasteiger partial charge in [-0.15, -0.1) is 0 Å². The average Bonchev–Trinajstić information content (AvgIpc) is 2.37. The first-order chi connectivity index (χ1) is 9.37. The zero-order valence-corrected chi connectivity index (χ0v) is 11.9. The molecule has 0 amide bonds. The van der Waals surface area contributed by atoms with Gasteiger partial charge in [-0.3, -0.25) is 0 Å². The summed E-state index contributed by atoms with van der Waals surface area (Å²) in [5.41, 5.74) is 7.00. The van der Waals surface area contributed by atoms with E-state index in [0.717, 1.165) is 5.56 Å². The van der Waals surface area contributed by atoms with Gasteiger partial charge in [-0.1, -0.05) is 35.9 Å². The normalized spacial score (nSPS) is 14.1. The molecule has 2 N–H and O–H groups in total. The van der Waals surface area contributed by atoms with E-state index in [0.29, 0.717) is 18.4 Å². The summed E-state index contributed by atoms with van der Waals surface area (Å²) < 4.78 is 26.8. The Morgan fingerprint density at radius 2 is 1.70 bits per heavy atom. The third kappa shape index (κ3) is 3.78. The van der Waals surface area contributed by atoms with Crippen LogP contribution in [-0.2, 0) is 12.8 Å². The van der Waals surface area contributed by atoms with Gasteiger partial charge < -0.3 is 5.73 Å². The van der Waals surface area contributed by atoms with E-state index in [1.54, 1.807) is 24.3 Å². The van der Waals surface area contributed by atoms with E-state index in [4.69, 9.17) is 17.3 Å². The van der Waals surface area contributed by atoms with E-state index in [2.05, 4.69) is 0 Å². The van der Waals surface area contributed by atoms with Crippen molar-refractivity contribution in [2.45, 2.75) is 25.3 Å². The Hall–Kier alpha value is -1.45. The molecule has 1 atom stereocenters. The van der Waals surface area contributed by atoms with Gasteiger partial charge in [0.15, 0.2) is 0 Å². The molecule has 106 valence electrons. The molecule has 0 aliphatic carbocycles. The van der Waals surface area contributed by atoms with Gasteiger partial charge in [-0.2, -0.15) is 0 Å². The summed E-state index contributed by atoms with van der Waals surface area (Å²) in [5.74, 6) is -0.710. The first-order valence-electron chi connectivity index (χ1n) is 6.34. The minimum Gasteiger partial charge on any atom is -0.325 e. The predicted octanol–water partition coefficient (Wildman–Crippen LogP) is 4.12. The second-order valence-corrected chi connectivity index (χ2v) is 5.75. The minimum absolute atomic E-state index is 0.0973. The van der Waals surface area contributed by atoms with E-state index in [1.807, 2.05) is 6.92 Å². The summed E-state index contributed by atoms with van der Waals surface area (Å²) >= 11 is 5.76. The number of nitrogens with two attached hydrogens (primary N) is 1. The van der Waals surface area contributed by atoms with E-state index in [1.165, 1.54) is 18.2 Å². The molecular formula is C16H16ClF2N. The molecule has 2 aromatic rings. The highest BCUT2D eigenvalue weighted by Crippen LogP contribution is 2.23. The Morgan fingerprint density at radius 1 is 1.05 bits per heavy atom. The third-order valence-corrected chi connectivity index (χ3v) is 3.44. The summed E-state index contributed by atoms with van der Waals surface area (Å²) in [6, 6.07) is 11.1. The van der Waals surface area contributed by atoms with Crippen molar-refractivity contribution in [2.24, 2.45) is 5.73 Å². The van der Waals surface area contributed by atoms with Crippen molar-refractivity contribution in [1.82, 2.24) is 0 Å². The van der Waals surface area contributed by atoms with Gasteiger partial charge in [0.05, 0.1) is 5.02 Å². The molecule has 0 radical (unpaired) electrons. The lowest BCUT2D eigenvalue weighted by atomic mass is 9.87. The first kappa shape index (κ1) is 14.9. The summed E-state index contributed by atoms with van der Waals surface area (Å²) in [6.45, 7) is 1.84. The monoisotopic (exact) mass is 295 g/mol. The topological polar surface area (TPSA) is 26.0 Å². The molecule has 1 unspecified atom stereocenters. The van der Waals surface area contributed by atoms with Crippen LogP contribution in [0, 0.1) is 11.6 Å². The highest BCUT2D eigenvalue weighted by molar-refractivity contribution is 6.30. The Morgan fingerprint density at radius 3 is 2.35 bits per heavy atom. The van der Waals surface area contributed by atoms with Crippen molar-refractivity contribution in [2.75, 3.05) is 0 Å². The van der Waals surface area contributed by atoms with Crippen molar-refractivity contribution in [3.05, 3.63) is 70.2 Å².